The Morgan fingerprint density at radius 3 is 2.81 bits per heavy atom. The van der Waals surface area contributed by atoms with E-state index in [1.807, 2.05) is 54.9 Å². The largest absolute Gasteiger partial charge is 0.346 e. The molecule has 1 N–H and O–H groups in total. The number of fused-ring (bicyclic) bond motifs is 1. The summed E-state index contributed by atoms with van der Waals surface area (Å²) in [5, 5.41) is 14.9. The molecule has 156 valence electrons. The highest BCUT2D eigenvalue weighted by Gasteiger charge is 2.19. The van der Waals surface area contributed by atoms with E-state index in [-0.39, 0.29) is 12.5 Å². The Balaban J connectivity index is 1.51. The highest BCUT2D eigenvalue weighted by molar-refractivity contribution is 7.85. The first kappa shape index (κ1) is 19.8. The Morgan fingerprint density at radius 1 is 1.09 bits per heavy atom. The van der Waals surface area contributed by atoms with Gasteiger partial charge in [0.2, 0.25) is 0 Å². The first-order chi connectivity index (χ1) is 15.7. The van der Waals surface area contributed by atoms with Crippen LogP contribution in [0.1, 0.15) is 18.0 Å². The van der Waals surface area contributed by atoms with Crippen LogP contribution in [-0.4, -0.2) is 33.9 Å². The van der Waals surface area contributed by atoms with E-state index in [1.54, 1.807) is 23.3 Å². The summed E-state index contributed by atoms with van der Waals surface area (Å²) < 4.78 is 14.7. The summed E-state index contributed by atoms with van der Waals surface area (Å²) in [4.78, 5) is 17.3. The van der Waals surface area contributed by atoms with Crippen LogP contribution in [0.5, 0.6) is 0 Å². The van der Waals surface area contributed by atoms with Gasteiger partial charge in [0.05, 0.1) is 46.1 Å². The van der Waals surface area contributed by atoms with Gasteiger partial charge in [-0.05, 0) is 29.8 Å². The highest BCUT2D eigenvalue weighted by atomic mass is 32.2. The zero-order valence-corrected chi connectivity index (χ0v) is 17.6. The second-order valence-corrected chi connectivity index (χ2v) is 8.57. The van der Waals surface area contributed by atoms with E-state index in [9.17, 15) is 9.47 Å². The maximum absolute atomic E-state index is 13.0. The Labute approximate surface area is 186 Å². The summed E-state index contributed by atoms with van der Waals surface area (Å²) in [6.45, 7) is 0. The van der Waals surface area contributed by atoms with Gasteiger partial charge in [-0.2, -0.15) is 10.4 Å². The molecule has 9 heteroatoms. The highest BCUT2D eigenvalue weighted by Crippen LogP contribution is 2.28. The molecule has 5 aromatic rings. The number of nitrogens with one attached hydrogen (secondary N) is 1. The summed E-state index contributed by atoms with van der Waals surface area (Å²) in [7, 11) is -1.37. The van der Waals surface area contributed by atoms with Gasteiger partial charge < -0.3 is 4.98 Å². The molecule has 0 saturated carbocycles. The van der Waals surface area contributed by atoms with Gasteiger partial charge in [0.25, 0.3) is 0 Å². The van der Waals surface area contributed by atoms with Gasteiger partial charge >= 0.3 is 0 Å². The molecule has 4 heterocycles. The van der Waals surface area contributed by atoms with Crippen LogP contribution in [0, 0.1) is 11.3 Å². The Kier molecular flexibility index (Phi) is 5.27. The maximum atomic E-state index is 13.0. The lowest BCUT2D eigenvalue weighted by Gasteiger charge is -2.15. The number of rotatable bonds is 6. The van der Waals surface area contributed by atoms with Crippen molar-refractivity contribution in [2.45, 2.75) is 22.3 Å². The van der Waals surface area contributed by atoms with Gasteiger partial charge in [-0.15, -0.1) is 0 Å². The number of pyridine rings is 1. The second-order valence-electron chi connectivity index (χ2n) is 7.09. The number of hydrogen-bond acceptors (Lipinski definition) is 6. The van der Waals surface area contributed by atoms with Crippen molar-refractivity contribution < 1.29 is 4.21 Å². The molecular weight excluding hydrogens is 422 g/mol. The molecule has 0 spiro atoms. The number of aromatic amines is 1. The summed E-state index contributed by atoms with van der Waals surface area (Å²) in [5.74, 6) is 0. The SMILES string of the molecule is N#CCC(c1cncc([S@](=O)c2ccccc2)c1)n1cc(-c2ncnc3[nH]ccc23)cn1. The molecule has 4 aromatic heterocycles. The molecule has 1 unspecified atom stereocenters. The predicted octanol–water partition coefficient (Wildman–Crippen LogP) is 3.89. The van der Waals surface area contributed by atoms with Crippen LogP contribution in [0.4, 0.5) is 0 Å². The van der Waals surface area contributed by atoms with Crippen molar-refractivity contribution >= 4 is 21.8 Å². The van der Waals surface area contributed by atoms with E-state index in [0.717, 1.165) is 27.9 Å². The van der Waals surface area contributed by atoms with Crippen molar-refractivity contribution in [3.63, 3.8) is 0 Å². The van der Waals surface area contributed by atoms with Crippen LogP contribution in [0.25, 0.3) is 22.3 Å². The van der Waals surface area contributed by atoms with Gasteiger partial charge in [0.1, 0.15) is 12.0 Å². The predicted molar refractivity (Wildman–Crippen MR) is 119 cm³/mol. The fourth-order valence-electron chi connectivity index (χ4n) is 3.58. The van der Waals surface area contributed by atoms with Gasteiger partial charge in [-0.25, -0.2) is 14.2 Å². The van der Waals surface area contributed by atoms with Crippen molar-refractivity contribution in [1.29, 1.82) is 5.26 Å². The van der Waals surface area contributed by atoms with Crippen LogP contribution in [0.15, 0.2) is 89.6 Å². The van der Waals surface area contributed by atoms with Crippen molar-refractivity contribution in [2.24, 2.45) is 0 Å². The summed E-state index contributed by atoms with van der Waals surface area (Å²) in [5.41, 5.74) is 3.08. The van der Waals surface area contributed by atoms with Crippen molar-refractivity contribution in [3.05, 3.63) is 85.3 Å². The smallest absolute Gasteiger partial charge is 0.141 e. The van der Waals surface area contributed by atoms with Gasteiger partial charge in [0.15, 0.2) is 0 Å². The molecular formula is C23H17N7OS. The van der Waals surface area contributed by atoms with Crippen molar-refractivity contribution in [3.8, 4) is 17.3 Å². The van der Waals surface area contributed by atoms with Crippen LogP contribution in [0.3, 0.4) is 0 Å². The molecule has 0 aliphatic carbocycles. The van der Waals surface area contributed by atoms with Crippen LogP contribution < -0.4 is 0 Å². The quantitative estimate of drug-likeness (QED) is 0.429. The van der Waals surface area contributed by atoms with Crippen LogP contribution in [0.2, 0.25) is 0 Å². The average molecular weight is 440 g/mol. The number of nitrogens with zero attached hydrogens (tertiary/aromatic N) is 6. The average Bonchev–Trinajstić information content (AvgIpc) is 3.52. The molecule has 0 bridgehead atoms. The first-order valence-corrected chi connectivity index (χ1v) is 11.0. The fraction of sp³-hybridized carbons (Fsp3) is 0.0870. The lowest BCUT2D eigenvalue weighted by Crippen LogP contribution is -2.11. The topological polar surface area (TPSA) is 113 Å². The number of hydrogen-bond donors (Lipinski definition) is 1. The van der Waals surface area contributed by atoms with E-state index in [1.165, 1.54) is 6.33 Å². The minimum absolute atomic E-state index is 0.188. The first-order valence-electron chi connectivity index (χ1n) is 9.86. The molecule has 1 aromatic carbocycles. The monoisotopic (exact) mass is 439 g/mol. The minimum Gasteiger partial charge on any atom is -0.346 e. The Hall–Kier alpha value is -4.16. The molecule has 0 radical (unpaired) electrons. The van der Waals surface area contributed by atoms with E-state index in [4.69, 9.17) is 0 Å². The van der Waals surface area contributed by atoms with E-state index >= 15 is 0 Å². The number of nitriles is 1. The third-order valence-corrected chi connectivity index (χ3v) is 6.48. The molecule has 0 aliphatic rings. The molecule has 0 amide bonds. The van der Waals surface area contributed by atoms with E-state index in [2.05, 4.69) is 31.1 Å². The van der Waals surface area contributed by atoms with E-state index < -0.39 is 10.8 Å². The third-order valence-electron chi connectivity index (χ3n) is 5.12. The normalized spacial score (nSPS) is 13.0. The lowest BCUT2D eigenvalue weighted by molar-refractivity contribution is 0.530. The summed E-state index contributed by atoms with van der Waals surface area (Å²) in [6, 6.07) is 14.8. The summed E-state index contributed by atoms with van der Waals surface area (Å²) >= 11 is 0. The zero-order valence-electron chi connectivity index (χ0n) is 16.8. The number of benzene rings is 1. The van der Waals surface area contributed by atoms with Gasteiger partial charge in [-0.1, -0.05) is 18.2 Å². The molecule has 0 fully saturated rings. The van der Waals surface area contributed by atoms with Gasteiger partial charge in [-0.3, -0.25) is 9.67 Å². The maximum Gasteiger partial charge on any atom is 0.141 e. The van der Waals surface area contributed by atoms with Crippen LogP contribution >= 0.6 is 0 Å². The molecule has 0 saturated heterocycles. The fourth-order valence-corrected chi connectivity index (χ4v) is 4.66. The minimum atomic E-state index is -1.37. The zero-order chi connectivity index (χ0) is 21.9. The number of H-pyrrole nitrogens is 1. The van der Waals surface area contributed by atoms with Gasteiger partial charge in [0, 0.05) is 40.6 Å². The Bertz CT molecular complexity index is 1450. The molecule has 32 heavy (non-hydrogen) atoms. The Morgan fingerprint density at radius 2 is 1.97 bits per heavy atom. The third kappa shape index (κ3) is 3.68. The lowest BCUT2D eigenvalue weighted by atomic mass is 10.1. The molecule has 0 aliphatic heterocycles. The van der Waals surface area contributed by atoms with Crippen LogP contribution in [-0.2, 0) is 10.8 Å². The molecule has 8 nitrogen and oxygen atoms in total. The standard InChI is InChI=1S/C23H17N7OS/c24-8-6-21(16-10-19(13-25-11-16)32(31)18-4-2-1-3-5-18)30-14-17(12-29-30)22-20-7-9-26-23(20)28-15-27-22/h1-5,7,9-15,21H,6H2,(H,26,27,28)/t21?,32-/m1/s1. The van der Waals surface area contributed by atoms with Crippen molar-refractivity contribution in [2.75, 3.05) is 0 Å². The summed E-state index contributed by atoms with van der Waals surface area (Å²) in [6.07, 6.45) is 10.4. The number of aromatic nitrogens is 6. The molecule has 5 rings (SSSR count). The second kappa shape index (κ2) is 8.53. The molecule has 2 atom stereocenters. The van der Waals surface area contributed by atoms with Crippen molar-refractivity contribution in [1.82, 2.24) is 29.7 Å². The van der Waals surface area contributed by atoms with E-state index in [0.29, 0.717) is 9.79 Å².